The van der Waals surface area contributed by atoms with Crippen molar-refractivity contribution in [2.45, 2.75) is 20.8 Å². The lowest BCUT2D eigenvalue weighted by atomic mass is 10.00. The fourth-order valence-corrected chi connectivity index (χ4v) is 1.80. The van der Waals surface area contributed by atoms with Gasteiger partial charge in [-0.15, -0.1) is 0 Å². The summed E-state index contributed by atoms with van der Waals surface area (Å²) in [4.78, 5) is 10.7. The zero-order chi connectivity index (χ0) is 6.78. The van der Waals surface area contributed by atoms with E-state index in [1.165, 1.54) is 0 Å². The molecule has 0 aliphatic heterocycles. The highest BCUT2D eigenvalue weighted by atomic mass is 79.9. The van der Waals surface area contributed by atoms with E-state index in [1.807, 2.05) is 20.8 Å². The molecular weight excluding hydrogens is 188 g/mol. The molecular formula is C5H9BrOS. The van der Waals surface area contributed by atoms with Crippen LogP contribution < -0.4 is 0 Å². The normalized spacial score (nSPS) is 11.5. The first-order valence-corrected chi connectivity index (χ1v) is 4.97. The van der Waals surface area contributed by atoms with Gasteiger partial charge in [0.2, 0.25) is 5.12 Å². The van der Waals surface area contributed by atoms with E-state index >= 15 is 0 Å². The van der Waals surface area contributed by atoms with Gasteiger partial charge in [-0.05, 0) is 25.0 Å². The maximum absolute atomic E-state index is 10.7. The van der Waals surface area contributed by atoms with Crippen molar-refractivity contribution in [3.05, 3.63) is 0 Å². The van der Waals surface area contributed by atoms with E-state index < -0.39 is 0 Å². The molecule has 0 fully saturated rings. The van der Waals surface area contributed by atoms with Gasteiger partial charge in [0.15, 0.2) is 0 Å². The van der Waals surface area contributed by atoms with Crippen LogP contribution in [0.15, 0.2) is 0 Å². The summed E-state index contributed by atoms with van der Waals surface area (Å²) in [6.45, 7) is 5.68. The van der Waals surface area contributed by atoms with Crippen LogP contribution in [0, 0.1) is 5.41 Å². The average molecular weight is 197 g/mol. The third-order valence-electron chi connectivity index (χ3n) is 0.682. The van der Waals surface area contributed by atoms with Crippen molar-refractivity contribution in [1.29, 1.82) is 0 Å². The van der Waals surface area contributed by atoms with Crippen molar-refractivity contribution in [1.82, 2.24) is 0 Å². The van der Waals surface area contributed by atoms with Gasteiger partial charge in [-0.1, -0.05) is 20.8 Å². The Morgan fingerprint density at radius 3 is 1.88 bits per heavy atom. The van der Waals surface area contributed by atoms with Crippen molar-refractivity contribution in [3.8, 4) is 0 Å². The summed E-state index contributed by atoms with van der Waals surface area (Å²) in [5.41, 5.74) is -0.214. The number of carbonyl (C=O) groups excluding carboxylic acids is 1. The molecule has 0 amide bonds. The highest BCUT2D eigenvalue weighted by molar-refractivity contribution is 9.52. The van der Waals surface area contributed by atoms with Crippen LogP contribution in [0.4, 0.5) is 0 Å². The van der Waals surface area contributed by atoms with E-state index in [4.69, 9.17) is 0 Å². The maximum Gasteiger partial charge on any atom is 0.205 e. The second kappa shape index (κ2) is 2.87. The Balaban J connectivity index is 3.82. The molecule has 0 saturated carbocycles. The first kappa shape index (κ1) is 8.50. The molecule has 0 unspecified atom stereocenters. The van der Waals surface area contributed by atoms with Crippen LogP contribution >= 0.6 is 25.0 Å². The molecule has 0 aromatic rings. The van der Waals surface area contributed by atoms with Crippen molar-refractivity contribution < 1.29 is 4.79 Å². The van der Waals surface area contributed by atoms with Crippen molar-refractivity contribution >= 4 is 30.1 Å². The molecule has 48 valence electrons. The lowest BCUT2D eigenvalue weighted by Crippen LogP contribution is -2.14. The minimum atomic E-state index is -0.214. The van der Waals surface area contributed by atoms with Gasteiger partial charge in [0.1, 0.15) is 0 Å². The second-order valence-electron chi connectivity index (χ2n) is 2.61. The summed E-state index contributed by atoms with van der Waals surface area (Å²) >= 11 is 3.02. The van der Waals surface area contributed by atoms with Gasteiger partial charge in [-0.3, -0.25) is 4.79 Å². The third kappa shape index (κ3) is 2.72. The fraction of sp³-hybridized carbons (Fsp3) is 0.800. The zero-order valence-electron chi connectivity index (χ0n) is 5.19. The quantitative estimate of drug-likeness (QED) is 0.593. The molecule has 0 aromatic heterocycles. The van der Waals surface area contributed by atoms with E-state index in [-0.39, 0.29) is 10.5 Å². The van der Waals surface area contributed by atoms with Crippen LogP contribution in [-0.2, 0) is 4.79 Å². The van der Waals surface area contributed by atoms with Crippen molar-refractivity contribution in [3.63, 3.8) is 0 Å². The molecule has 0 atom stereocenters. The molecule has 8 heavy (non-hydrogen) atoms. The van der Waals surface area contributed by atoms with E-state index in [1.54, 1.807) is 0 Å². The van der Waals surface area contributed by atoms with Crippen LogP contribution in [0.2, 0.25) is 0 Å². The van der Waals surface area contributed by atoms with Gasteiger partial charge in [-0.2, -0.15) is 0 Å². The molecule has 3 heteroatoms. The Morgan fingerprint density at radius 2 is 1.88 bits per heavy atom. The summed E-state index contributed by atoms with van der Waals surface area (Å²) in [5.74, 6) is 0. The lowest BCUT2D eigenvalue weighted by Gasteiger charge is -2.12. The first-order chi connectivity index (χ1) is 3.48. The first-order valence-electron chi connectivity index (χ1n) is 2.31. The second-order valence-corrected chi connectivity index (χ2v) is 4.11. The highest BCUT2D eigenvalue weighted by Crippen LogP contribution is 2.26. The molecule has 0 radical (unpaired) electrons. The standard InChI is InChI=1S/C5H9BrOS/c1-5(2,3)4(7)8-6/h1-3H3. The van der Waals surface area contributed by atoms with Crippen LogP contribution in [-0.4, -0.2) is 5.12 Å². The van der Waals surface area contributed by atoms with E-state index in [0.29, 0.717) is 0 Å². The molecule has 0 aliphatic carbocycles. The minimum Gasteiger partial charge on any atom is -0.286 e. The number of hydrogen-bond donors (Lipinski definition) is 0. The van der Waals surface area contributed by atoms with Gasteiger partial charge >= 0.3 is 0 Å². The Labute approximate surface area is 61.4 Å². The Morgan fingerprint density at radius 1 is 1.50 bits per heavy atom. The minimum absolute atomic E-state index is 0.164. The predicted octanol–water partition coefficient (Wildman–Crippen LogP) is 2.60. The summed E-state index contributed by atoms with van der Waals surface area (Å²) in [6.07, 6.45) is 0. The van der Waals surface area contributed by atoms with E-state index in [9.17, 15) is 4.79 Å². The van der Waals surface area contributed by atoms with Gasteiger partial charge in [0.25, 0.3) is 0 Å². The Kier molecular flexibility index (Phi) is 3.05. The summed E-state index contributed by atoms with van der Waals surface area (Å²) in [6, 6.07) is 0. The van der Waals surface area contributed by atoms with E-state index in [2.05, 4.69) is 14.8 Å². The predicted molar refractivity (Wildman–Crippen MR) is 41.0 cm³/mol. The van der Waals surface area contributed by atoms with Crippen LogP contribution in [0.1, 0.15) is 20.8 Å². The summed E-state index contributed by atoms with van der Waals surface area (Å²) in [5, 5.41) is 0.164. The van der Waals surface area contributed by atoms with Crippen LogP contribution in [0.5, 0.6) is 0 Å². The average Bonchev–Trinajstić information content (AvgIpc) is 1.62. The third-order valence-corrected chi connectivity index (χ3v) is 2.32. The fourth-order valence-electron chi connectivity index (χ4n) is 0.116. The molecule has 0 rings (SSSR count). The molecule has 0 saturated heterocycles. The number of carbonyl (C=O) groups is 1. The van der Waals surface area contributed by atoms with Gasteiger partial charge in [0, 0.05) is 5.41 Å². The summed E-state index contributed by atoms with van der Waals surface area (Å²) in [7, 11) is 1.11. The molecule has 0 aromatic carbocycles. The SMILES string of the molecule is CC(C)(C)C(=O)SBr. The molecule has 0 aliphatic rings. The highest BCUT2D eigenvalue weighted by Gasteiger charge is 2.20. The van der Waals surface area contributed by atoms with Crippen molar-refractivity contribution in [2.24, 2.45) is 5.41 Å². The lowest BCUT2D eigenvalue weighted by molar-refractivity contribution is -0.117. The summed E-state index contributed by atoms with van der Waals surface area (Å²) < 4.78 is 0. The van der Waals surface area contributed by atoms with Gasteiger partial charge in [0.05, 0.1) is 0 Å². The number of halogens is 1. The molecule has 0 spiro atoms. The Bertz CT molecular complexity index is 95.1. The molecule has 0 N–H and O–H groups in total. The largest absolute Gasteiger partial charge is 0.286 e. The number of hydrogen-bond acceptors (Lipinski definition) is 2. The van der Waals surface area contributed by atoms with Crippen LogP contribution in [0.25, 0.3) is 0 Å². The molecule has 0 bridgehead atoms. The zero-order valence-corrected chi connectivity index (χ0v) is 7.60. The molecule has 1 nitrogen and oxygen atoms in total. The van der Waals surface area contributed by atoms with E-state index in [0.717, 1.165) is 10.2 Å². The maximum atomic E-state index is 10.7. The number of rotatable bonds is 0. The van der Waals surface area contributed by atoms with Crippen molar-refractivity contribution in [2.75, 3.05) is 0 Å². The van der Waals surface area contributed by atoms with Crippen LogP contribution in [0.3, 0.4) is 0 Å². The topological polar surface area (TPSA) is 17.1 Å². The smallest absolute Gasteiger partial charge is 0.205 e. The molecule has 0 heterocycles. The Hall–Kier alpha value is 0.500. The van der Waals surface area contributed by atoms with Gasteiger partial charge < -0.3 is 0 Å². The van der Waals surface area contributed by atoms with Gasteiger partial charge in [-0.25, -0.2) is 0 Å². The monoisotopic (exact) mass is 196 g/mol.